The highest BCUT2D eigenvalue weighted by Gasteiger charge is 2.30. The highest BCUT2D eigenvalue weighted by molar-refractivity contribution is 7.89. The number of hydrogen-bond donors (Lipinski definition) is 0. The van der Waals surface area contributed by atoms with Crippen LogP contribution in [0.5, 0.6) is 0 Å². The zero-order valence-electron chi connectivity index (χ0n) is 18.3. The Hall–Kier alpha value is -2.78. The van der Waals surface area contributed by atoms with Gasteiger partial charge in [-0.1, -0.05) is 25.1 Å². The fraction of sp³-hybridized carbons (Fsp3) is 0.435. The minimum atomic E-state index is -3.62. The van der Waals surface area contributed by atoms with Crippen LogP contribution in [-0.2, 0) is 10.0 Å². The molecule has 3 aromatic rings. The van der Waals surface area contributed by atoms with Crippen molar-refractivity contribution < 1.29 is 8.42 Å². The van der Waals surface area contributed by atoms with Gasteiger partial charge in [0, 0.05) is 50.9 Å². The molecular formula is C23H28N6O2S. The summed E-state index contributed by atoms with van der Waals surface area (Å²) in [6.07, 6.45) is 4.00. The van der Waals surface area contributed by atoms with Crippen molar-refractivity contribution in [3.63, 3.8) is 0 Å². The zero-order chi connectivity index (χ0) is 22.1. The van der Waals surface area contributed by atoms with Crippen LogP contribution in [0.3, 0.4) is 0 Å². The fourth-order valence-electron chi connectivity index (χ4n) is 4.47. The van der Waals surface area contributed by atoms with E-state index in [9.17, 15) is 8.42 Å². The van der Waals surface area contributed by atoms with Gasteiger partial charge in [-0.3, -0.25) is 4.98 Å². The maximum Gasteiger partial charge on any atom is 0.245 e. The van der Waals surface area contributed by atoms with E-state index in [-0.39, 0.29) is 4.90 Å². The molecule has 0 aliphatic carbocycles. The Morgan fingerprint density at radius 2 is 1.44 bits per heavy atom. The number of aromatic nitrogens is 3. The van der Waals surface area contributed by atoms with Gasteiger partial charge in [0.15, 0.2) is 11.6 Å². The van der Waals surface area contributed by atoms with Crippen molar-refractivity contribution in [3.8, 4) is 0 Å². The number of anilines is 2. The lowest BCUT2D eigenvalue weighted by molar-refractivity contribution is 0.383. The summed E-state index contributed by atoms with van der Waals surface area (Å²) in [5.74, 6) is 2.49. The van der Waals surface area contributed by atoms with E-state index < -0.39 is 10.0 Å². The Labute approximate surface area is 188 Å². The summed E-state index contributed by atoms with van der Waals surface area (Å²) in [4.78, 5) is 8.98. The van der Waals surface area contributed by atoms with Gasteiger partial charge in [-0.2, -0.15) is 4.31 Å². The Kier molecular flexibility index (Phi) is 5.69. The Bertz CT molecular complexity index is 1180. The lowest BCUT2D eigenvalue weighted by Crippen LogP contribution is -2.49. The molecule has 1 aromatic carbocycles. The Balaban J connectivity index is 1.27. The second kappa shape index (κ2) is 8.63. The van der Waals surface area contributed by atoms with Crippen molar-refractivity contribution in [2.75, 3.05) is 49.1 Å². The molecule has 0 saturated carbocycles. The van der Waals surface area contributed by atoms with Crippen LogP contribution in [0.15, 0.2) is 53.6 Å². The van der Waals surface area contributed by atoms with Crippen LogP contribution in [0.25, 0.3) is 10.9 Å². The van der Waals surface area contributed by atoms with Crippen molar-refractivity contribution in [1.29, 1.82) is 0 Å². The molecule has 9 heteroatoms. The van der Waals surface area contributed by atoms with E-state index in [0.29, 0.717) is 31.7 Å². The lowest BCUT2D eigenvalue weighted by atomic mass is 9.99. The molecule has 2 saturated heterocycles. The van der Waals surface area contributed by atoms with E-state index in [1.54, 1.807) is 22.6 Å². The maximum atomic E-state index is 13.3. The highest BCUT2D eigenvalue weighted by Crippen LogP contribution is 2.26. The van der Waals surface area contributed by atoms with Gasteiger partial charge < -0.3 is 9.80 Å². The van der Waals surface area contributed by atoms with E-state index in [1.807, 2.05) is 30.3 Å². The first-order chi connectivity index (χ1) is 15.5. The van der Waals surface area contributed by atoms with Crippen LogP contribution < -0.4 is 9.80 Å². The fourth-order valence-corrected chi connectivity index (χ4v) is 6.06. The summed E-state index contributed by atoms with van der Waals surface area (Å²) in [6.45, 7) is 6.30. The standard InChI is InChI=1S/C23H28N6O2S/c1-18-9-12-27(13-10-18)21-7-8-22(26-25-21)28-14-16-29(17-15-28)32(30,31)20-6-2-4-19-5-3-11-24-23(19)20/h2-8,11,18H,9-10,12-17H2,1H3. The van der Waals surface area contributed by atoms with E-state index in [1.165, 1.54) is 12.8 Å². The molecule has 2 fully saturated rings. The smallest absolute Gasteiger partial charge is 0.245 e. The molecule has 0 radical (unpaired) electrons. The number of piperidine rings is 1. The van der Waals surface area contributed by atoms with E-state index in [4.69, 9.17) is 0 Å². The molecular weight excluding hydrogens is 424 g/mol. The van der Waals surface area contributed by atoms with Crippen LogP contribution in [0.4, 0.5) is 11.6 Å². The third-order valence-corrected chi connectivity index (χ3v) is 8.45. The molecule has 5 rings (SSSR count). The Morgan fingerprint density at radius 3 is 2.09 bits per heavy atom. The van der Waals surface area contributed by atoms with Crippen molar-refractivity contribution >= 4 is 32.6 Å². The minimum Gasteiger partial charge on any atom is -0.355 e. The number of piperazine rings is 1. The van der Waals surface area contributed by atoms with Crippen molar-refractivity contribution in [3.05, 3.63) is 48.7 Å². The molecule has 0 bridgehead atoms. The first-order valence-electron chi connectivity index (χ1n) is 11.2. The predicted octanol–water partition coefficient (Wildman–Crippen LogP) is 2.77. The summed E-state index contributed by atoms with van der Waals surface area (Å²) in [7, 11) is -3.62. The monoisotopic (exact) mass is 452 g/mol. The molecule has 2 aliphatic heterocycles. The number of fused-ring (bicyclic) bond motifs is 1. The first kappa shape index (κ1) is 21.1. The number of para-hydroxylation sites is 1. The third-order valence-electron chi connectivity index (χ3n) is 6.52. The topological polar surface area (TPSA) is 82.5 Å². The zero-order valence-corrected chi connectivity index (χ0v) is 19.1. The molecule has 0 spiro atoms. The van der Waals surface area contributed by atoms with Gasteiger partial charge in [0.2, 0.25) is 10.0 Å². The molecule has 8 nitrogen and oxygen atoms in total. The van der Waals surface area contributed by atoms with Crippen LogP contribution in [0.1, 0.15) is 19.8 Å². The molecule has 32 heavy (non-hydrogen) atoms. The van der Waals surface area contributed by atoms with Crippen molar-refractivity contribution in [2.24, 2.45) is 5.92 Å². The summed E-state index contributed by atoms with van der Waals surface area (Å²) >= 11 is 0. The quantitative estimate of drug-likeness (QED) is 0.602. The first-order valence-corrected chi connectivity index (χ1v) is 12.6. The number of rotatable bonds is 4. The number of pyridine rings is 1. The SMILES string of the molecule is CC1CCN(c2ccc(N3CCN(S(=O)(=O)c4cccc5cccnc45)CC3)nn2)CC1. The second-order valence-corrected chi connectivity index (χ2v) is 10.5. The van der Waals surface area contributed by atoms with Crippen molar-refractivity contribution in [1.82, 2.24) is 19.5 Å². The highest BCUT2D eigenvalue weighted by atomic mass is 32.2. The van der Waals surface area contributed by atoms with Crippen LogP contribution in [-0.4, -0.2) is 67.2 Å². The number of benzene rings is 1. The van der Waals surface area contributed by atoms with Gasteiger partial charge in [0.25, 0.3) is 0 Å². The molecule has 2 aliphatic rings. The predicted molar refractivity (Wildman–Crippen MR) is 125 cm³/mol. The Morgan fingerprint density at radius 1 is 0.812 bits per heavy atom. The van der Waals surface area contributed by atoms with Crippen LogP contribution >= 0.6 is 0 Å². The van der Waals surface area contributed by atoms with E-state index >= 15 is 0 Å². The summed E-state index contributed by atoms with van der Waals surface area (Å²) in [5.41, 5.74) is 0.519. The average molecular weight is 453 g/mol. The lowest BCUT2D eigenvalue weighted by Gasteiger charge is -2.35. The minimum absolute atomic E-state index is 0.268. The van der Waals surface area contributed by atoms with Gasteiger partial charge in [0.1, 0.15) is 4.90 Å². The summed E-state index contributed by atoms with van der Waals surface area (Å²) in [5, 5.41) is 9.71. The molecule has 0 amide bonds. The normalized spacial score (nSPS) is 18.9. The van der Waals surface area contributed by atoms with Crippen LogP contribution in [0.2, 0.25) is 0 Å². The van der Waals surface area contributed by atoms with E-state index in [2.05, 4.69) is 31.9 Å². The van der Waals surface area contributed by atoms with Gasteiger partial charge in [0.05, 0.1) is 5.52 Å². The maximum absolute atomic E-state index is 13.3. The van der Waals surface area contributed by atoms with E-state index in [0.717, 1.165) is 36.0 Å². The second-order valence-electron chi connectivity index (χ2n) is 8.64. The molecule has 2 aromatic heterocycles. The molecule has 0 atom stereocenters. The third kappa shape index (κ3) is 4.02. The molecule has 4 heterocycles. The van der Waals surface area contributed by atoms with Crippen LogP contribution in [0, 0.1) is 5.92 Å². The van der Waals surface area contributed by atoms with Crippen molar-refractivity contribution in [2.45, 2.75) is 24.7 Å². The van der Waals surface area contributed by atoms with Gasteiger partial charge in [-0.05, 0) is 43.0 Å². The number of nitrogens with zero attached hydrogens (tertiary/aromatic N) is 6. The van der Waals surface area contributed by atoms with Gasteiger partial charge in [-0.25, -0.2) is 8.42 Å². The van der Waals surface area contributed by atoms with Gasteiger partial charge >= 0.3 is 0 Å². The largest absolute Gasteiger partial charge is 0.355 e. The number of sulfonamides is 1. The average Bonchev–Trinajstić information content (AvgIpc) is 2.84. The summed E-state index contributed by atoms with van der Waals surface area (Å²) in [6, 6.07) is 13.0. The number of hydrogen-bond acceptors (Lipinski definition) is 7. The molecule has 0 unspecified atom stereocenters. The summed E-state index contributed by atoms with van der Waals surface area (Å²) < 4.78 is 28.2. The molecule has 0 N–H and O–H groups in total. The molecule has 168 valence electrons. The van der Waals surface area contributed by atoms with Gasteiger partial charge in [-0.15, -0.1) is 10.2 Å².